The van der Waals surface area contributed by atoms with Crippen LogP contribution in [0.3, 0.4) is 0 Å². The first-order chi connectivity index (χ1) is 10.2. The van der Waals surface area contributed by atoms with E-state index in [1.807, 2.05) is 0 Å². The van der Waals surface area contributed by atoms with Crippen LogP contribution in [-0.4, -0.2) is 0 Å². The highest BCUT2D eigenvalue weighted by Crippen LogP contribution is 2.14. The van der Waals surface area contributed by atoms with E-state index >= 15 is 0 Å². The van der Waals surface area contributed by atoms with Gasteiger partial charge < -0.3 is 0 Å². The molecule has 0 saturated heterocycles. The van der Waals surface area contributed by atoms with Crippen molar-refractivity contribution in [1.29, 1.82) is 0 Å². The molecule has 21 heavy (non-hydrogen) atoms. The molecule has 0 radical (unpaired) electrons. The molecule has 1 aromatic carbocycles. The average Bonchev–Trinajstić information content (AvgIpc) is 2.44. The van der Waals surface area contributed by atoms with Crippen molar-refractivity contribution in [2.45, 2.75) is 97.8 Å². The summed E-state index contributed by atoms with van der Waals surface area (Å²) in [4.78, 5) is 0. The third-order valence-electron chi connectivity index (χ3n) is 4.35. The van der Waals surface area contributed by atoms with Crippen molar-refractivity contribution in [3.8, 4) is 0 Å². The van der Waals surface area contributed by atoms with Gasteiger partial charge in [-0.15, -0.1) is 0 Å². The molecule has 0 N–H and O–H groups in total. The van der Waals surface area contributed by atoms with Crippen LogP contribution in [-0.2, 0) is 6.42 Å². The van der Waals surface area contributed by atoms with Gasteiger partial charge >= 0.3 is 0 Å². The summed E-state index contributed by atoms with van der Waals surface area (Å²) < 4.78 is 0. The smallest absolute Gasteiger partial charge is 0.0279 e. The molecule has 0 unspecified atom stereocenters. The number of hydrogen-bond acceptors (Lipinski definition) is 0. The molecule has 0 aliphatic carbocycles. The Bertz CT molecular complexity index is 344. The lowest BCUT2D eigenvalue weighted by molar-refractivity contribution is 0.549. The summed E-state index contributed by atoms with van der Waals surface area (Å²) >= 11 is 0. The van der Waals surface area contributed by atoms with Crippen LogP contribution in [0.5, 0.6) is 0 Å². The van der Waals surface area contributed by atoms with Crippen molar-refractivity contribution < 1.29 is 0 Å². The fraction of sp³-hybridized carbons (Fsp3) is 0.714. The molecule has 0 aliphatic heterocycles. The Kier molecular flexibility index (Phi) is 10.3. The first-order valence-electron chi connectivity index (χ1n) is 9.29. The molecule has 1 aromatic rings. The van der Waals surface area contributed by atoms with E-state index in [4.69, 9.17) is 0 Å². The number of rotatable bonds is 12. The number of hydrogen-bond donors (Lipinski definition) is 0. The van der Waals surface area contributed by atoms with Gasteiger partial charge in [0.25, 0.3) is 0 Å². The third kappa shape index (κ3) is 9.72. The molecule has 0 aliphatic rings. The molecule has 1 rings (SSSR count). The van der Waals surface area contributed by atoms with Gasteiger partial charge in [0.1, 0.15) is 0 Å². The number of unbranched alkanes of at least 4 members (excludes halogenated alkanes) is 10. The summed E-state index contributed by atoms with van der Waals surface area (Å²) in [6.07, 6.45) is 17.0. The molecule has 0 atom stereocenters. The monoisotopic (exact) mass is 288 g/mol. The Labute approximate surface area is 133 Å². The molecule has 120 valence electrons. The second-order valence-corrected chi connectivity index (χ2v) is 6.78. The van der Waals surface area contributed by atoms with Crippen LogP contribution in [0, 0.1) is 13.8 Å². The quantitative estimate of drug-likeness (QED) is 0.358. The van der Waals surface area contributed by atoms with Crippen LogP contribution in [0.4, 0.5) is 0 Å². The summed E-state index contributed by atoms with van der Waals surface area (Å²) in [6, 6.07) is 6.97. The van der Waals surface area contributed by atoms with Gasteiger partial charge in [-0.05, 0) is 32.3 Å². The SMILES string of the molecule is CCCCCCCCCCCCCc1cc(C)cc(C)c1. The average molecular weight is 289 g/mol. The molecule has 0 heterocycles. The van der Waals surface area contributed by atoms with Crippen LogP contribution in [0.25, 0.3) is 0 Å². The van der Waals surface area contributed by atoms with Gasteiger partial charge in [0, 0.05) is 0 Å². The minimum absolute atomic E-state index is 1.26. The topological polar surface area (TPSA) is 0 Å². The fourth-order valence-electron chi connectivity index (χ4n) is 3.21. The van der Waals surface area contributed by atoms with Crippen LogP contribution in [0.1, 0.15) is 94.2 Å². The molecule has 0 amide bonds. The molecule has 0 fully saturated rings. The molecular weight excluding hydrogens is 252 g/mol. The van der Waals surface area contributed by atoms with Gasteiger partial charge in [-0.1, -0.05) is 100 Å². The van der Waals surface area contributed by atoms with Crippen molar-refractivity contribution >= 4 is 0 Å². The highest BCUT2D eigenvalue weighted by Gasteiger charge is 1.97. The Hall–Kier alpha value is -0.780. The lowest BCUT2D eigenvalue weighted by atomic mass is 10.0. The molecule has 0 aromatic heterocycles. The fourth-order valence-corrected chi connectivity index (χ4v) is 3.21. The minimum Gasteiger partial charge on any atom is -0.0654 e. The Morgan fingerprint density at radius 2 is 1.00 bits per heavy atom. The maximum Gasteiger partial charge on any atom is -0.0279 e. The van der Waals surface area contributed by atoms with E-state index in [-0.39, 0.29) is 0 Å². The highest BCUT2D eigenvalue weighted by molar-refractivity contribution is 5.28. The minimum atomic E-state index is 1.26. The largest absolute Gasteiger partial charge is 0.0654 e. The van der Waals surface area contributed by atoms with E-state index in [1.165, 1.54) is 93.7 Å². The zero-order valence-corrected chi connectivity index (χ0v) is 14.7. The van der Waals surface area contributed by atoms with Gasteiger partial charge in [0.05, 0.1) is 0 Å². The zero-order chi connectivity index (χ0) is 15.3. The van der Waals surface area contributed by atoms with E-state index in [2.05, 4.69) is 39.0 Å². The molecular formula is C21H36. The highest BCUT2D eigenvalue weighted by atomic mass is 14.0. The Balaban J connectivity index is 1.93. The number of aryl methyl sites for hydroxylation is 3. The second kappa shape index (κ2) is 11.8. The summed E-state index contributed by atoms with van der Waals surface area (Å²) in [6.45, 7) is 6.70. The van der Waals surface area contributed by atoms with Crippen molar-refractivity contribution in [2.24, 2.45) is 0 Å². The molecule has 0 nitrogen and oxygen atoms in total. The summed E-state index contributed by atoms with van der Waals surface area (Å²) in [5.74, 6) is 0. The van der Waals surface area contributed by atoms with Crippen molar-refractivity contribution in [1.82, 2.24) is 0 Å². The van der Waals surface area contributed by atoms with E-state index in [0.29, 0.717) is 0 Å². The third-order valence-corrected chi connectivity index (χ3v) is 4.35. The molecule has 0 bridgehead atoms. The number of benzene rings is 1. The van der Waals surface area contributed by atoms with Gasteiger partial charge in [-0.3, -0.25) is 0 Å². The maximum atomic E-state index is 2.35. The normalized spacial score (nSPS) is 11.0. The van der Waals surface area contributed by atoms with Gasteiger partial charge in [-0.25, -0.2) is 0 Å². The Morgan fingerprint density at radius 3 is 1.48 bits per heavy atom. The maximum absolute atomic E-state index is 2.35. The van der Waals surface area contributed by atoms with E-state index in [1.54, 1.807) is 0 Å². The molecule has 0 saturated carbocycles. The Morgan fingerprint density at radius 1 is 0.571 bits per heavy atom. The van der Waals surface area contributed by atoms with Crippen molar-refractivity contribution in [3.63, 3.8) is 0 Å². The van der Waals surface area contributed by atoms with E-state index in [0.717, 1.165) is 0 Å². The van der Waals surface area contributed by atoms with Gasteiger partial charge in [-0.2, -0.15) is 0 Å². The van der Waals surface area contributed by atoms with Crippen LogP contribution < -0.4 is 0 Å². The van der Waals surface area contributed by atoms with Crippen molar-refractivity contribution in [2.75, 3.05) is 0 Å². The van der Waals surface area contributed by atoms with Gasteiger partial charge in [0.15, 0.2) is 0 Å². The predicted octanol–water partition coefficient (Wildman–Crippen LogP) is 7.16. The van der Waals surface area contributed by atoms with Crippen LogP contribution in [0.2, 0.25) is 0 Å². The van der Waals surface area contributed by atoms with Crippen molar-refractivity contribution in [3.05, 3.63) is 34.9 Å². The van der Waals surface area contributed by atoms with E-state index < -0.39 is 0 Å². The first kappa shape index (κ1) is 18.3. The molecule has 0 spiro atoms. The van der Waals surface area contributed by atoms with Gasteiger partial charge in [0.2, 0.25) is 0 Å². The first-order valence-corrected chi connectivity index (χ1v) is 9.29. The zero-order valence-electron chi connectivity index (χ0n) is 14.7. The lowest BCUT2D eigenvalue weighted by Crippen LogP contribution is -1.89. The summed E-state index contributed by atoms with van der Waals surface area (Å²) in [5.41, 5.74) is 4.35. The lowest BCUT2D eigenvalue weighted by Gasteiger charge is -2.05. The summed E-state index contributed by atoms with van der Waals surface area (Å²) in [7, 11) is 0. The second-order valence-electron chi connectivity index (χ2n) is 6.78. The predicted molar refractivity (Wildman–Crippen MR) is 96.1 cm³/mol. The summed E-state index contributed by atoms with van der Waals surface area (Å²) in [5, 5.41) is 0. The van der Waals surface area contributed by atoms with Crippen LogP contribution >= 0.6 is 0 Å². The van der Waals surface area contributed by atoms with E-state index in [9.17, 15) is 0 Å². The van der Waals surface area contributed by atoms with Crippen LogP contribution in [0.15, 0.2) is 18.2 Å². The molecule has 0 heteroatoms. The standard InChI is InChI=1S/C21H36/c1-4-5-6-7-8-9-10-11-12-13-14-15-21-17-19(2)16-20(3)18-21/h16-18H,4-15H2,1-3H3.